The van der Waals surface area contributed by atoms with Crippen molar-refractivity contribution in [1.82, 2.24) is 9.78 Å². The molecule has 0 atom stereocenters. The zero-order valence-electron chi connectivity index (χ0n) is 10.5. The molecule has 5 nitrogen and oxygen atoms in total. The van der Waals surface area contributed by atoms with Gasteiger partial charge in [-0.1, -0.05) is 0 Å². The maximum atomic E-state index is 13.5. The van der Waals surface area contributed by atoms with Crippen LogP contribution in [-0.4, -0.2) is 14.9 Å². The van der Waals surface area contributed by atoms with Crippen LogP contribution in [0.4, 0.5) is 4.39 Å². The third-order valence-electron chi connectivity index (χ3n) is 2.72. The minimum atomic E-state index is -0.649. The molecule has 1 aromatic carbocycles. The molecule has 98 valence electrons. The number of aliphatic hydroxyl groups excluding tert-OH is 1. The van der Waals surface area contributed by atoms with Gasteiger partial charge in [0.05, 0.1) is 23.4 Å². The molecule has 0 radical (unpaired) electrons. The Morgan fingerprint density at radius 3 is 2.84 bits per heavy atom. The van der Waals surface area contributed by atoms with Crippen LogP contribution in [0.2, 0.25) is 0 Å². The SMILES string of the molecule is Cc1nn(C)c(Oc2ccc(C#N)c(F)c2)c1CO. The van der Waals surface area contributed by atoms with Crippen LogP contribution < -0.4 is 4.74 Å². The molecule has 2 rings (SSSR count). The number of hydrogen-bond acceptors (Lipinski definition) is 4. The maximum absolute atomic E-state index is 13.5. The van der Waals surface area contributed by atoms with Crippen molar-refractivity contribution < 1.29 is 14.2 Å². The molecule has 19 heavy (non-hydrogen) atoms. The average molecular weight is 261 g/mol. The van der Waals surface area contributed by atoms with Gasteiger partial charge < -0.3 is 9.84 Å². The lowest BCUT2D eigenvalue weighted by atomic mass is 10.2. The second-order valence-electron chi connectivity index (χ2n) is 4.01. The van der Waals surface area contributed by atoms with Gasteiger partial charge in [-0.2, -0.15) is 10.4 Å². The smallest absolute Gasteiger partial charge is 0.223 e. The number of rotatable bonds is 3. The van der Waals surface area contributed by atoms with Gasteiger partial charge in [0.2, 0.25) is 5.88 Å². The van der Waals surface area contributed by atoms with E-state index in [1.54, 1.807) is 20.0 Å². The minimum Gasteiger partial charge on any atom is -0.439 e. The molecule has 0 fully saturated rings. The van der Waals surface area contributed by atoms with E-state index >= 15 is 0 Å². The number of aromatic nitrogens is 2. The molecule has 1 N–H and O–H groups in total. The zero-order chi connectivity index (χ0) is 14.0. The van der Waals surface area contributed by atoms with Gasteiger partial charge in [0.1, 0.15) is 17.6 Å². The first-order valence-corrected chi connectivity index (χ1v) is 5.57. The number of aryl methyl sites for hydroxylation is 2. The van der Waals surface area contributed by atoms with Crippen LogP contribution in [0.1, 0.15) is 16.8 Å². The fraction of sp³-hybridized carbons (Fsp3) is 0.231. The molecule has 2 aromatic rings. The van der Waals surface area contributed by atoms with Gasteiger partial charge in [0.15, 0.2) is 0 Å². The summed E-state index contributed by atoms with van der Waals surface area (Å²) in [7, 11) is 1.67. The molecule has 0 aliphatic carbocycles. The number of hydrogen-bond donors (Lipinski definition) is 1. The second-order valence-corrected chi connectivity index (χ2v) is 4.01. The van der Waals surface area contributed by atoms with Crippen LogP contribution in [-0.2, 0) is 13.7 Å². The molecule has 0 unspecified atom stereocenters. The molecule has 0 aliphatic rings. The highest BCUT2D eigenvalue weighted by Crippen LogP contribution is 2.28. The van der Waals surface area contributed by atoms with Gasteiger partial charge in [-0.3, -0.25) is 0 Å². The second kappa shape index (κ2) is 5.08. The van der Waals surface area contributed by atoms with E-state index < -0.39 is 5.82 Å². The summed E-state index contributed by atoms with van der Waals surface area (Å²) in [6, 6.07) is 5.69. The normalized spacial score (nSPS) is 10.3. The highest BCUT2D eigenvalue weighted by atomic mass is 19.1. The molecule has 0 spiro atoms. The molecule has 1 aromatic heterocycles. The van der Waals surface area contributed by atoms with Gasteiger partial charge >= 0.3 is 0 Å². The summed E-state index contributed by atoms with van der Waals surface area (Å²) in [5.74, 6) is -0.0530. The Bertz CT molecular complexity index is 659. The van der Waals surface area contributed by atoms with Crippen molar-refractivity contribution in [2.24, 2.45) is 7.05 Å². The summed E-state index contributed by atoms with van der Waals surface area (Å²) < 4.78 is 20.5. The van der Waals surface area contributed by atoms with Gasteiger partial charge in [0.25, 0.3) is 0 Å². The van der Waals surface area contributed by atoms with Crippen molar-refractivity contribution in [3.63, 3.8) is 0 Å². The molecule has 0 saturated heterocycles. The third kappa shape index (κ3) is 2.41. The van der Waals surface area contributed by atoms with Crippen LogP contribution >= 0.6 is 0 Å². The van der Waals surface area contributed by atoms with Crippen molar-refractivity contribution in [2.45, 2.75) is 13.5 Å². The molecular formula is C13H12FN3O2. The molecule has 0 amide bonds. The fourth-order valence-corrected chi connectivity index (χ4v) is 1.75. The van der Waals surface area contributed by atoms with E-state index in [1.807, 2.05) is 0 Å². The molecule has 0 saturated carbocycles. The van der Waals surface area contributed by atoms with Crippen molar-refractivity contribution >= 4 is 0 Å². The highest BCUT2D eigenvalue weighted by Gasteiger charge is 2.15. The number of nitriles is 1. The van der Waals surface area contributed by atoms with E-state index in [2.05, 4.69) is 5.10 Å². The molecule has 1 heterocycles. The van der Waals surface area contributed by atoms with Crippen LogP contribution in [0.3, 0.4) is 0 Å². The van der Waals surface area contributed by atoms with Crippen LogP contribution in [0, 0.1) is 24.1 Å². The van der Waals surface area contributed by atoms with E-state index in [0.717, 1.165) is 6.07 Å². The standard InChI is InChI=1S/C13H12FN3O2/c1-8-11(7-18)13(17(2)16-8)19-10-4-3-9(6-15)12(14)5-10/h3-5,18H,7H2,1-2H3. The number of ether oxygens (including phenoxy) is 1. The van der Waals surface area contributed by atoms with Gasteiger partial charge in [-0.15, -0.1) is 0 Å². The summed E-state index contributed by atoms with van der Waals surface area (Å²) in [6.07, 6.45) is 0. The predicted octanol–water partition coefficient (Wildman–Crippen LogP) is 2.02. The molecule has 6 heteroatoms. The van der Waals surface area contributed by atoms with E-state index in [-0.39, 0.29) is 17.9 Å². The Labute approximate surface area is 109 Å². The topological polar surface area (TPSA) is 71.1 Å². The monoisotopic (exact) mass is 261 g/mol. The van der Waals surface area contributed by atoms with Crippen LogP contribution in [0.15, 0.2) is 18.2 Å². The van der Waals surface area contributed by atoms with E-state index in [4.69, 9.17) is 10.00 Å². The number of aliphatic hydroxyl groups is 1. The summed E-state index contributed by atoms with van der Waals surface area (Å²) in [4.78, 5) is 0. The Kier molecular flexibility index (Phi) is 3.49. The number of benzene rings is 1. The van der Waals surface area contributed by atoms with Gasteiger partial charge in [-0.25, -0.2) is 9.07 Å². The molecular weight excluding hydrogens is 249 g/mol. The van der Waals surface area contributed by atoms with Gasteiger partial charge in [0, 0.05) is 13.1 Å². The summed E-state index contributed by atoms with van der Waals surface area (Å²) >= 11 is 0. The zero-order valence-corrected chi connectivity index (χ0v) is 10.5. The van der Waals surface area contributed by atoms with Crippen molar-refractivity contribution in [3.8, 4) is 17.7 Å². The van der Waals surface area contributed by atoms with Crippen molar-refractivity contribution in [2.75, 3.05) is 0 Å². The third-order valence-corrected chi connectivity index (χ3v) is 2.72. The largest absolute Gasteiger partial charge is 0.439 e. The quantitative estimate of drug-likeness (QED) is 0.917. The van der Waals surface area contributed by atoms with Gasteiger partial charge in [-0.05, 0) is 19.1 Å². The Hall–Kier alpha value is -2.39. The number of nitrogens with zero attached hydrogens (tertiary/aromatic N) is 3. The lowest BCUT2D eigenvalue weighted by Crippen LogP contribution is -1.98. The van der Waals surface area contributed by atoms with E-state index in [0.29, 0.717) is 17.1 Å². The van der Waals surface area contributed by atoms with E-state index in [1.165, 1.54) is 16.8 Å². The first kappa shape index (κ1) is 13.1. The Balaban J connectivity index is 2.37. The van der Waals surface area contributed by atoms with Crippen LogP contribution in [0.5, 0.6) is 11.6 Å². The van der Waals surface area contributed by atoms with Crippen molar-refractivity contribution in [1.29, 1.82) is 5.26 Å². The summed E-state index contributed by atoms with van der Waals surface area (Å²) in [6.45, 7) is 1.53. The van der Waals surface area contributed by atoms with Crippen LogP contribution in [0.25, 0.3) is 0 Å². The summed E-state index contributed by atoms with van der Waals surface area (Å²) in [5, 5.41) is 22.0. The lowest BCUT2D eigenvalue weighted by Gasteiger charge is -2.08. The number of halogens is 1. The molecule has 0 bridgehead atoms. The highest BCUT2D eigenvalue weighted by molar-refractivity contribution is 5.39. The summed E-state index contributed by atoms with van der Waals surface area (Å²) in [5.41, 5.74) is 1.15. The maximum Gasteiger partial charge on any atom is 0.223 e. The van der Waals surface area contributed by atoms with E-state index in [9.17, 15) is 9.50 Å². The first-order chi connectivity index (χ1) is 9.06. The predicted molar refractivity (Wildman–Crippen MR) is 65.1 cm³/mol. The minimum absolute atomic E-state index is 0.0454. The fourth-order valence-electron chi connectivity index (χ4n) is 1.75. The Morgan fingerprint density at radius 2 is 2.26 bits per heavy atom. The molecule has 0 aliphatic heterocycles. The first-order valence-electron chi connectivity index (χ1n) is 5.57. The average Bonchev–Trinajstić information content (AvgIpc) is 2.64. The Morgan fingerprint density at radius 1 is 1.53 bits per heavy atom. The van der Waals surface area contributed by atoms with Crippen molar-refractivity contribution in [3.05, 3.63) is 40.8 Å². The lowest BCUT2D eigenvalue weighted by molar-refractivity contribution is 0.274.